The van der Waals surface area contributed by atoms with Crippen LogP contribution in [0.5, 0.6) is 0 Å². The van der Waals surface area contributed by atoms with Gasteiger partial charge in [-0.05, 0) is 31.3 Å². The van der Waals surface area contributed by atoms with E-state index >= 15 is 0 Å². The number of carbonyl (C=O) groups is 2. The van der Waals surface area contributed by atoms with Crippen molar-refractivity contribution in [1.29, 1.82) is 0 Å². The Labute approximate surface area is 150 Å². The Balaban J connectivity index is 2.02. The number of para-hydroxylation sites is 1. The van der Waals surface area contributed by atoms with Gasteiger partial charge in [0.15, 0.2) is 0 Å². The topological polar surface area (TPSA) is 58.6 Å². The van der Waals surface area contributed by atoms with Gasteiger partial charge in [0.05, 0.1) is 24.9 Å². The third kappa shape index (κ3) is 5.01. The minimum Gasteiger partial charge on any atom is -0.465 e. The number of halogens is 2. The van der Waals surface area contributed by atoms with E-state index in [9.17, 15) is 14.0 Å². The molecule has 0 spiro atoms. The van der Waals surface area contributed by atoms with Crippen molar-refractivity contribution < 1.29 is 18.7 Å². The zero-order chi connectivity index (χ0) is 18.4. The minimum atomic E-state index is -0.539. The van der Waals surface area contributed by atoms with Gasteiger partial charge in [-0.2, -0.15) is 0 Å². The number of benzene rings is 2. The van der Waals surface area contributed by atoms with Gasteiger partial charge in [0.1, 0.15) is 5.82 Å². The molecule has 0 aliphatic heterocycles. The predicted octanol–water partition coefficient (Wildman–Crippen LogP) is 3.34. The lowest BCUT2D eigenvalue weighted by atomic mass is 10.1. The standard InChI is InChI=1S/C18H18ClFN2O3/c1-22(10-13-14(19)7-5-8-15(13)20)11-17(23)21-16-9-4-3-6-12(16)18(24)25-2/h3-9H,10-11H2,1-2H3,(H,21,23). The summed E-state index contributed by atoms with van der Waals surface area (Å²) in [7, 11) is 2.95. The fraction of sp³-hybridized carbons (Fsp3) is 0.222. The molecule has 5 nitrogen and oxygen atoms in total. The molecule has 0 radical (unpaired) electrons. The Morgan fingerprint density at radius 2 is 1.92 bits per heavy atom. The molecule has 7 heteroatoms. The molecule has 0 aliphatic rings. The molecule has 2 aromatic rings. The van der Waals surface area contributed by atoms with Crippen LogP contribution >= 0.6 is 11.6 Å². The lowest BCUT2D eigenvalue weighted by Gasteiger charge is -2.18. The summed E-state index contributed by atoms with van der Waals surface area (Å²) in [4.78, 5) is 25.6. The van der Waals surface area contributed by atoms with Crippen LogP contribution in [0.3, 0.4) is 0 Å². The van der Waals surface area contributed by atoms with Gasteiger partial charge in [0.25, 0.3) is 0 Å². The normalized spacial score (nSPS) is 10.6. The van der Waals surface area contributed by atoms with Crippen LogP contribution in [-0.4, -0.2) is 37.5 Å². The first-order chi connectivity index (χ1) is 11.9. The zero-order valence-electron chi connectivity index (χ0n) is 13.9. The molecule has 0 aliphatic carbocycles. The summed E-state index contributed by atoms with van der Waals surface area (Å²) in [6.45, 7) is 0.178. The smallest absolute Gasteiger partial charge is 0.339 e. The van der Waals surface area contributed by atoms with E-state index in [1.54, 1.807) is 42.3 Å². The second-order valence-corrected chi connectivity index (χ2v) is 5.87. The molecule has 0 unspecified atom stereocenters. The highest BCUT2D eigenvalue weighted by molar-refractivity contribution is 6.31. The number of esters is 1. The van der Waals surface area contributed by atoms with E-state index in [4.69, 9.17) is 11.6 Å². The Kier molecular flexibility index (Phi) is 6.50. The van der Waals surface area contributed by atoms with Crippen molar-refractivity contribution in [3.8, 4) is 0 Å². The van der Waals surface area contributed by atoms with E-state index in [1.807, 2.05) is 0 Å². The largest absolute Gasteiger partial charge is 0.465 e. The minimum absolute atomic E-state index is 0.000169. The zero-order valence-corrected chi connectivity index (χ0v) is 14.6. The molecule has 2 aromatic carbocycles. The average Bonchev–Trinajstić information content (AvgIpc) is 2.58. The van der Waals surface area contributed by atoms with Gasteiger partial charge in [-0.1, -0.05) is 29.8 Å². The van der Waals surface area contributed by atoms with Crippen LogP contribution in [0, 0.1) is 5.82 Å². The second kappa shape index (κ2) is 8.60. The van der Waals surface area contributed by atoms with Crippen LogP contribution in [0.25, 0.3) is 0 Å². The van der Waals surface area contributed by atoms with E-state index in [0.29, 0.717) is 16.3 Å². The van der Waals surface area contributed by atoms with Crippen LogP contribution in [0.4, 0.5) is 10.1 Å². The quantitative estimate of drug-likeness (QED) is 0.799. The number of rotatable bonds is 6. The van der Waals surface area contributed by atoms with Crippen LogP contribution in [-0.2, 0) is 16.1 Å². The molecule has 0 bridgehead atoms. The Morgan fingerprint density at radius 1 is 1.20 bits per heavy atom. The van der Waals surface area contributed by atoms with Crippen LogP contribution in [0.15, 0.2) is 42.5 Å². The highest BCUT2D eigenvalue weighted by Gasteiger charge is 2.16. The number of nitrogens with one attached hydrogen (secondary N) is 1. The first-order valence-corrected chi connectivity index (χ1v) is 7.88. The van der Waals surface area contributed by atoms with Crippen molar-refractivity contribution in [2.24, 2.45) is 0 Å². The van der Waals surface area contributed by atoms with Crippen molar-refractivity contribution >= 4 is 29.2 Å². The maximum absolute atomic E-state index is 13.8. The van der Waals surface area contributed by atoms with Gasteiger partial charge in [-0.15, -0.1) is 0 Å². The van der Waals surface area contributed by atoms with E-state index in [1.165, 1.54) is 19.2 Å². The molecule has 0 atom stereocenters. The molecule has 132 valence electrons. The molecule has 1 amide bonds. The first kappa shape index (κ1) is 18.9. The monoisotopic (exact) mass is 364 g/mol. The average molecular weight is 365 g/mol. The molecule has 0 heterocycles. The number of nitrogens with zero attached hydrogens (tertiary/aromatic N) is 1. The van der Waals surface area contributed by atoms with Gasteiger partial charge >= 0.3 is 5.97 Å². The van der Waals surface area contributed by atoms with Crippen molar-refractivity contribution in [3.63, 3.8) is 0 Å². The molecule has 0 aromatic heterocycles. The van der Waals surface area contributed by atoms with Crippen LogP contribution in [0.1, 0.15) is 15.9 Å². The molecule has 0 saturated carbocycles. The van der Waals surface area contributed by atoms with E-state index < -0.39 is 11.8 Å². The van der Waals surface area contributed by atoms with E-state index in [2.05, 4.69) is 10.1 Å². The Bertz CT molecular complexity index is 762. The molecule has 1 N–H and O–H groups in total. The summed E-state index contributed by atoms with van der Waals surface area (Å²) in [5.74, 6) is -1.30. The SMILES string of the molecule is COC(=O)c1ccccc1NC(=O)CN(C)Cc1c(F)cccc1Cl. The van der Waals surface area contributed by atoms with Gasteiger partial charge in [-0.25, -0.2) is 9.18 Å². The summed E-state index contributed by atoms with van der Waals surface area (Å²) in [6, 6.07) is 11.0. The molecular formula is C18H18ClFN2O3. The Morgan fingerprint density at radius 3 is 2.60 bits per heavy atom. The van der Waals surface area contributed by atoms with Crippen LogP contribution < -0.4 is 5.32 Å². The summed E-state index contributed by atoms with van der Waals surface area (Å²) in [5.41, 5.74) is 0.948. The number of hydrogen-bond donors (Lipinski definition) is 1. The number of hydrogen-bond acceptors (Lipinski definition) is 4. The number of methoxy groups -OCH3 is 1. The summed E-state index contributed by atoms with van der Waals surface area (Å²) in [5, 5.41) is 2.97. The number of anilines is 1. The highest BCUT2D eigenvalue weighted by Crippen LogP contribution is 2.20. The molecular weight excluding hydrogens is 347 g/mol. The maximum Gasteiger partial charge on any atom is 0.339 e. The van der Waals surface area contributed by atoms with Crippen molar-refractivity contribution in [3.05, 3.63) is 64.4 Å². The van der Waals surface area contributed by atoms with Gasteiger partial charge in [0, 0.05) is 17.1 Å². The molecule has 0 saturated heterocycles. The maximum atomic E-state index is 13.8. The lowest BCUT2D eigenvalue weighted by molar-refractivity contribution is -0.117. The summed E-state index contributed by atoms with van der Waals surface area (Å²) < 4.78 is 18.5. The third-order valence-electron chi connectivity index (χ3n) is 3.51. The Hall–Kier alpha value is -2.44. The van der Waals surface area contributed by atoms with Gasteiger partial charge in [-0.3, -0.25) is 9.69 Å². The predicted molar refractivity (Wildman–Crippen MR) is 94.2 cm³/mol. The van der Waals surface area contributed by atoms with Crippen molar-refractivity contribution in [1.82, 2.24) is 4.90 Å². The number of carbonyl (C=O) groups excluding carboxylic acids is 2. The van der Waals surface area contributed by atoms with Gasteiger partial charge in [0.2, 0.25) is 5.91 Å². The van der Waals surface area contributed by atoms with Crippen LogP contribution in [0.2, 0.25) is 5.02 Å². The van der Waals surface area contributed by atoms with Gasteiger partial charge < -0.3 is 10.1 Å². The third-order valence-corrected chi connectivity index (χ3v) is 3.86. The summed E-state index contributed by atoms with van der Waals surface area (Å²) >= 11 is 5.99. The first-order valence-electron chi connectivity index (χ1n) is 7.51. The van der Waals surface area contributed by atoms with Crippen molar-refractivity contribution in [2.45, 2.75) is 6.54 Å². The summed E-state index contributed by atoms with van der Waals surface area (Å²) in [6.07, 6.45) is 0. The number of ether oxygens (including phenoxy) is 1. The lowest BCUT2D eigenvalue weighted by Crippen LogP contribution is -2.30. The molecule has 2 rings (SSSR count). The fourth-order valence-corrected chi connectivity index (χ4v) is 2.55. The second-order valence-electron chi connectivity index (χ2n) is 5.46. The molecule has 25 heavy (non-hydrogen) atoms. The van der Waals surface area contributed by atoms with Crippen molar-refractivity contribution in [2.75, 3.05) is 26.0 Å². The number of amides is 1. The van der Waals surface area contributed by atoms with E-state index in [-0.39, 0.29) is 24.6 Å². The van der Waals surface area contributed by atoms with E-state index in [0.717, 1.165) is 0 Å². The highest BCUT2D eigenvalue weighted by atomic mass is 35.5. The molecule has 0 fully saturated rings. The number of likely N-dealkylation sites (N-methyl/N-ethyl adjacent to an activating group) is 1. The fourth-order valence-electron chi connectivity index (χ4n) is 2.32.